The number of thiophene rings is 1. The number of amides is 1. The van der Waals surface area contributed by atoms with Crippen LogP contribution in [0.25, 0.3) is 11.0 Å². The van der Waals surface area contributed by atoms with Crippen molar-refractivity contribution in [1.82, 2.24) is 5.32 Å². The highest BCUT2D eigenvalue weighted by atomic mass is 32.1. The number of rotatable bonds is 5. The zero-order chi connectivity index (χ0) is 16.7. The van der Waals surface area contributed by atoms with Gasteiger partial charge in [-0.05, 0) is 41.8 Å². The third-order valence-electron chi connectivity index (χ3n) is 4.24. The van der Waals surface area contributed by atoms with Crippen molar-refractivity contribution < 1.29 is 19.1 Å². The van der Waals surface area contributed by atoms with Gasteiger partial charge >= 0.3 is 5.97 Å². The number of carboxylic acids is 1. The standard InChI is InChI=1S/C18H15NO4S/c20-17(16-11(7-8-24-16)10-5-6-10)19-9-13-12-3-1-2-4-14(12)23-15(13)18(21)22/h1-4,7-8,10H,5-6,9H2,(H,19,20)(H,21,22). The van der Waals surface area contributed by atoms with Gasteiger partial charge in [0.2, 0.25) is 5.76 Å². The number of benzene rings is 1. The van der Waals surface area contributed by atoms with Gasteiger partial charge in [0, 0.05) is 17.5 Å². The van der Waals surface area contributed by atoms with Gasteiger partial charge in [-0.3, -0.25) is 4.79 Å². The van der Waals surface area contributed by atoms with Gasteiger partial charge < -0.3 is 14.8 Å². The minimum atomic E-state index is -1.13. The quantitative estimate of drug-likeness (QED) is 0.735. The molecular weight excluding hydrogens is 326 g/mol. The predicted molar refractivity (Wildman–Crippen MR) is 90.6 cm³/mol. The van der Waals surface area contributed by atoms with Gasteiger partial charge in [-0.25, -0.2) is 4.79 Å². The van der Waals surface area contributed by atoms with Crippen LogP contribution in [-0.2, 0) is 6.54 Å². The fourth-order valence-electron chi connectivity index (χ4n) is 2.92. The molecule has 2 heterocycles. The summed E-state index contributed by atoms with van der Waals surface area (Å²) in [5.41, 5.74) is 2.11. The molecule has 0 spiro atoms. The first kappa shape index (κ1) is 15.0. The lowest BCUT2D eigenvalue weighted by molar-refractivity contribution is 0.0662. The van der Waals surface area contributed by atoms with Crippen LogP contribution in [0.5, 0.6) is 0 Å². The van der Waals surface area contributed by atoms with Crippen LogP contribution in [0.2, 0.25) is 0 Å². The fraction of sp³-hybridized carbons (Fsp3) is 0.222. The maximum absolute atomic E-state index is 12.5. The zero-order valence-electron chi connectivity index (χ0n) is 12.7. The molecule has 0 atom stereocenters. The van der Waals surface area contributed by atoms with E-state index in [9.17, 15) is 14.7 Å². The lowest BCUT2D eigenvalue weighted by atomic mass is 10.1. The van der Waals surface area contributed by atoms with Crippen molar-refractivity contribution >= 4 is 34.2 Å². The van der Waals surface area contributed by atoms with Crippen LogP contribution in [0.3, 0.4) is 0 Å². The monoisotopic (exact) mass is 341 g/mol. The molecule has 24 heavy (non-hydrogen) atoms. The first-order chi connectivity index (χ1) is 11.6. The molecule has 2 N–H and O–H groups in total. The molecule has 3 aromatic rings. The molecule has 1 amide bonds. The highest BCUT2D eigenvalue weighted by Gasteiger charge is 2.29. The van der Waals surface area contributed by atoms with E-state index in [4.69, 9.17) is 4.42 Å². The lowest BCUT2D eigenvalue weighted by Crippen LogP contribution is -2.23. The summed E-state index contributed by atoms with van der Waals surface area (Å²) in [5.74, 6) is -0.912. The Hall–Kier alpha value is -2.60. The van der Waals surface area contributed by atoms with Crippen LogP contribution in [-0.4, -0.2) is 17.0 Å². The summed E-state index contributed by atoms with van der Waals surface area (Å²) in [4.78, 5) is 24.6. The average Bonchev–Trinajstić information content (AvgIpc) is 3.18. The van der Waals surface area contributed by atoms with Crippen LogP contribution < -0.4 is 5.32 Å². The van der Waals surface area contributed by atoms with Crippen molar-refractivity contribution in [1.29, 1.82) is 0 Å². The summed E-state index contributed by atoms with van der Waals surface area (Å²) in [6, 6.07) is 9.13. The second-order valence-corrected chi connectivity index (χ2v) is 6.79. The Labute approximate surface area is 141 Å². The summed E-state index contributed by atoms with van der Waals surface area (Å²) in [5, 5.41) is 14.8. The number of hydrogen-bond donors (Lipinski definition) is 2. The maximum Gasteiger partial charge on any atom is 0.372 e. The molecule has 1 aliphatic carbocycles. The number of nitrogens with one attached hydrogen (secondary N) is 1. The van der Waals surface area contributed by atoms with E-state index in [1.165, 1.54) is 11.3 Å². The number of hydrogen-bond acceptors (Lipinski definition) is 4. The Balaban J connectivity index is 1.60. The summed E-state index contributed by atoms with van der Waals surface area (Å²) >= 11 is 1.43. The van der Waals surface area contributed by atoms with Crippen molar-refractivity contribution in [2.45, 2.75) is 25.3 Å². The normalized spacial score (nSPS) is 14.0. The summed E-state index contributed by atoms with van der Waals surface area (Å²) < 4.78 is 5.41. The molecule has 5 nitrogen and oxygen atoms in total. The Morgan fingerprint density at radius 1 is 1.25 bits per heavy atom. The molecule has 1 fully saturated rings. The molecule has 0 bridgehead atoms. The van der Waals surface area contributed by atoms with Crippen molar-refractivity contribution in [3.63, 3.8) is 0 Å². The molecule has 4 rings (SSSR count). The fourth-order valence-corrected chi connectivity index (χ4v) is 3.82. The van der Waals surface area contributed by atoms with Crippen molar-refractivity contribution in [2.24, 2.45) is 0 Å². The minimum absolute atomic E-state index is 0.120. The van der Waals surface area contributed by atoms with E-state index in [0.717, 1.165) is 23.3 Å². The molecule has 0 unspecified atom stereocenters. The zero-order valence-corrected chi connectivity index (χ0v) is 13.6. The maximum atomic E-state index is 12.5. The van der Waals surface area contributed by atoms with Gasteiger partial charge in [0.1, 0.15) is 5.58 Å². The Morgan fingerprint density at radius 2 is 2.04 bits per heavy atom. The first-order valence-corrected chi connectivity index (χ1v) is 8.62. The largest absolute Gasteiger partial charge is 0.475 e. The van der Waals surface area contributed by atoms with Gasteiger partial charge in [-0.2, -0.15) is 0 Å². The highest BCUT2D eigenvalue weighted by molar-refractivity contribution is 7.12. The van der Waals surface area contributed by atoms with Crippen LogP contribution in [0.15, 0.2) is 40.1 Å². The number of aromatic carboxylic acids is 1. The lowest BCUT2D eigenvalue weighted by Gasteiger charge is -2.05. The highest BCUT2D eigenvalue weighted by Crippen LogP contribution is 2.43. The van der Waals surface area contributed by atoms with E-state index in [2.05, 4.69) is 5.32 Å². The number of carboxylic acid groups (broad SMARTS) is 1. The number of carbonyl (C=O) groups is 2. The number of furan rings is 1. The Bertz CT molecular complexity index is 936. The third kappa shape index (κ3) is 2.59. The predicted octanol–water partition coefficient (Wildman–Crippen LogP) is 4.00. The van der Waals surface area contributed by atoms with Gasteiger partial charge in [0.25, 0.3) is 5.91 Å². The molecule has 2 aromatic heterocycles. The van der Waals surface area contributed by atoms with E-state index >= 15 is 0 Å². The molecular formula is C18H15NO4S. The van der Waals surface area contributed by atoms with Crippen molar-refractivity contribution in [2.75, 3.05) is 0 Å². The molecule has 0 saturated heterocycles. The summed E-state index contributed by atoms with van der Waals surface area (Å²) in [6.45, 7) is 0.124. The molecule has 0 radical (unpaired) electrons. The van der Waals surface area contributed by atoms with Gasteiger partial charge in [-0.15, -0.1) is 11.3 Å². The molecule has 1 aliphatic rings. The summed E-state index contributed by atoms with van der Waals surface area (Å²) in [6.07, 6.45) is 2.26. The first-order valence-electron chi connectivity index (χ1n) is 7.74. The number of para-hydroxylation sites is 1. The van der Waals surface area contributed by atoms with Crippen LogP contribution in [0.1, 0.15) is 50.1 Å². The summed E-state index contributed by atoms with van der Waals surface area (Å²) in [7, 11) is 0. The molecule has 1 aromatic carbocycles. The van der Waals surface area contributed by atoms with E-state index in [0.29, 0.717) is 22.5 Å². The van der Waals surface area contributed by atoms with Gasteiger partial charge in [0.05, 0.1) is 4.88 Å². The van der Waals surface area contributed by atoms with E-state index in [1.807, 2.05) is 17.5 Å². The van der Waals surface area contributed by atoms with Crippen molar-refractivity contribution in [3.05, 3.63) is 57.5 Å². The molecule has 1 saturated carbocycles. The SMILES string of the molecule is O=C(O)c1oc2ccccc2c1CNC(=O)c1sccc1C1CC1. The second kappa shape index (κ2) is 5.79. The van der Waals surface area contributed by atoms with Crippen LogP contribution in [0.4, 0.5) is 0 Å². The molecule has 0 aliphatic heterocycles. The van der Waals surface area contributed by atoms with E-state index in [1.54, 1.807) is 18.2 Å². The number of carbonyl (C=O) groups excluding carboxylic acids is 1. The average molecular weight is 341 g/mol. The second-order valence-electron chi connectivity index (χ2n) is 5.87. The van der Waals surface area contributed by atoms with Gasteiger partial charge in [0.15, 0.2) is 0 Å². The van der Waals surface area contributed by atoms with Crippen molar-refractivity contribution in [3.8, 4) is 0 Å². The van der Waals surface area contributed by atoms with Gasteiger partial charge in [-0.1, -0.05) is 18.2 Å². The number of fused-ring (bicyclic) bond motifs is 1. The van der Waals surface area contributed by atoms with E-state index < -0.39 is 5.97 Å². The molecule has 122 valence electrons. The van der Waals surface area contributed by atoms with E-state index in [-0.39, 0.29) is 18.2 Å². The topological polar surface area (TPSA) is 79.5 Å². The Kier molecular flexibility index (Phi) is 3.61. The van der Waals surface area contributed by atoms with Crippen LogP contribution in [0, 0.1) is 0 Å². The smallest absolute Gasteiger partial charge is 0.372 e. The minimum Gasteiger partial charge on any atom is -0.475 e. The molecule has 6 heteroatoms. The Morgan fingerprint density at radius 3 is 2.79 bits per heavy atom. The third-order valence-corrected chi connectivity index (χ3v) is 5.17. The van der Waals surface area contributed by atoms with Crippen LogP contribution >= 0.6 is 11.3 Å².